The van der Waals surface area contributed by atoms with E-state index >= 15 is 0 Å². The zero-order valence-corrected chi connectivity index (χ0v) is 14.3. The van der Waals surface area contributed by atoms with Gasteiger partial charge in [-0.25, -0.2) is 0 Å². The summed E-state index contributed by atoms with van der Waals surface area (Å²) in [6, 6.07) is 9.02. The highest BCUT2D eigenvalue weighted by Gasteiger charge is 2.26. The van der Waals surface area contributed by atoms with Crippen molar-refractivity contribution in [1.82, 2.24) is 0 Å². The Labute approximate surface area is 134 Å². The molecule has 0 amide bonds. The Morgan fingerprint density at radius 2 is 2.19 bits per heavy atom. The van der Waals surface area contributed by atoms with Gasteiger partial charge in [0.2, 0.25) is 0 Å². The summed E-state index contributed by atoms with van der Waals surface area (Å²) < 4.78 is 7.25. The Bertz CT molecular complexity index is 623. The fraction of sp³-hybridized carbons (Fsp3) is 0.412. The van der Waals surface area contributed by atoms with E-state index in [-0.39, 0.29) is 0 Å². The van der Waals surface area contributed by atoms with Gasteiger partial charge in [-0.05, 0) is 55.0 Å². The first-order valence-corrected chi connectivity index (χ1v) is 9.17. The molecule has 0 fully saturated rings. The molecule has 0 aliphatic carbocycles. The van der Waals surface area contributed by atoms with Gasteiger partial charge in [0, 0.05) is 5.25 Å². The summed E-state index contributed by atoms with van der Waals surface area (Å²) >= 11 is 3.85. The first-order valence-electron chi connectivity index (χ1n) is 7.41. The number of ether oxygens (including phenoxy) is 1. The summed E-state index contributed by atoms with van der Waals surface area (Å²) in [5.74, 6) is 0.958. The summed E-state index contributed by atoms with van der Waals surface area (Å²) in [4.78, 5) is 0. The minimum Gasteiger partial charge on any atom is -0.492 e. The van der Waals surface area contributed by atoms with Crippen LogP contribution >= 0.6 is 23.1 Å². The van der Waals surface area contributed by atoms with Gasteiger partial charge in [0.15, 0.2) is 0 Å². The predicted octanol–water partition coefficient (Wildman–Crippen LogP) is 5.49. The molecule has 0 saturated carbocycles. The molecule has 2 atom stereocenters. The monoisotopic (exact) mass is 319 g/mol. The molecule has 1 aromatic carbocycles. The molecule has 0 spiro atoms. The zero-order valence-electron chi connectivity index (χ0n) is 12.7. The average Bonchev–Trinajstić information content (AvgIpc) is 2.90. The molecule has 1 N–H and O–H groups in total. The number of hydrogen-bond acceptors (Lipinski definition) is 4. The van der Waals surface area contributed by atoms with Crippen LogP contribution < -0.4 is 10.1 Å². The van der Waals surface area contributed by atoms with Gasteiger partial charge in [-0.1, -0.05) is 13.0 Å². The van der Waals surface area contributed by atoms with Gasteiger partial charge in [0.1, 0.15) is 5.75 Å². The van der Waals surface area contributed by atoms with Crippen molar-refractivity contribution in [2.45, 2.75) is 42.7 Å². The number of hydrogen-bond donors (Lipinski definition) is 1. The second kappa shape index (κ2) is 6.32. The standard InChI is InChI=1S/C17H21NOS2/c1-4-19-16-9-11(2)5-6-14(16)18-15-10-12(3)21-17-13(15)7-8-20-17/h5-9,12,15,18H,4,10H2,1-3H3/t12-,15?/m0/s1. The number of rotatable bonds is 4. The van der Waals surface area contributed by atoms with Crippen molar-refractivity contribution in [1.29, 1.82) is 0 Å². The van der Waals surface area contributed by atoms with Crippen molar-refractivity contribution in [3.05, 3.63) is 40.8 Å². The number of thiophene rings is 1. The van der Waals surface area contributed by atoms with E-state index < -0.39 is 0 Å². The Balaban J connectivity index is 1.87. The third-order valence-electron chi connectivity index (χ3n) is 3.68. The van der Waals surface area contributed by atoms with Crippen molar-refractivity contribution in [3.8, 4) is 5.75 Å². The number of thioether (sulfide) groups is 1. The maximum atomic E-state index is 5.79. The predicted molar refractivity (Wildman–Crippen MR) is 93.0 cm³/mol. The molecule has 0 saturated heterocycles. The van der Waals surface area contributed by atoms with E-state index in [4.69, 9.17) is 4.74 Å². The van der Waals surface area contributed by atoms with E-state index in [0.29, 0.717) is 17.9 Å². The maximum Gasteiger partial charge on any atom is 0.142 e. The molecule has 3 rings (SSSR count). The van der Waals surface area contributed by atoms with E-state index in [9.17, 15) is 0 Å². The molecule has 1 aliphatic rings. The van der Waals surface area contributed by atoms with Crippen LogP contribution in [-0.2, 0) is 0 Å². The van der Waals surface area contributed by atoms with E-state index in [0.717, 1.165) is 17.9 Å². The fourth-order valence-corrected chi connectivity index (χ4v) is 5.26. The van der Waals surface area contributed by atoms with Crippen LogP contribution in [0.15, 0.2) is 33.9 Å². The van der Waals surface area contributed by atoms with Gasteiger partial charge in [0.25, 0.3) is 0 Å². The molecule has 0 bridgehead atoms. The molecule has 112 valence electrons. The SMILES string of the molecule is CCOc1cc(C)ccc1NC1C[C@H](C)Sc2sccc21. The highest BCUT2D eigenvalue weighted by atomic mass is 32.2. The second-order valence-corrected chi connectivity index (χ2v) is 8.08. The normalized spacial score (nSPS) is 20.9. The molecule has 2 aromatic rings. The Morgan fingerprint density at radius 1 is 1.33 bits per heavy atom. The van der Waals surface area contributed by atoms with Crippen LogP contribution in [0.1, 0.15) is 37.4 Å². The van der Waals surface area contributed by atoms with Gasteiger partial charge in [-0.3, -0.25) is 0 Å². The van der Waals surface area contributed by atoms with Crippen molar-refractivity contribution < 1.29 is 4.74 Å². The van der Waals surface area contributed by atoms with Crippen LogP contribution in [0.4, 0.5) is 5.69 Å². The molecule has 4 heteroatoms. The van der Waals surface area contributed by atoms with Gasteiger partial charge in [-0.15, -0.1) is 23.1 Å². The highest BCUT2D eigenvalue weighted by molar-refractivity contribution is 8.01. The molecular weight excluding hydrogens is 298 g/mol. The van der Waals surface area contributed by atoms with Crippen LogP contribution in [0.2, 0.25) is 0 Å². The third-order valence-corrected chi connectivity index (χ3v) is 6.02. The lowest BCUT2D eigenvalue weighted by Crippen LogP contribution is -2.19. The quantitative estimate of drug-likeness (QED) is 0.805. The van der Waals surface area contributed by atoms with Crippen LogP contribution in [0.3, 0.4) is 0 Å². The largest absolute Gasteiger partial charge is 0.492 e. The number of aryl methyl sites for hydroxylation is 1. The minimum atomic E-state index is 0.379. The molecule has 1 aliphatic heterocycles. The number of fused-ring (bicyclic) bond motifs is 1. The van der Waals surface area contributed by atoms with Gasteiger partial charge >= 0.3 is 0 Å². The van der Waals surface area contributed by atoms with Crippen LogP contribution in [0.25, 0.3) is 0 Å². The first-order chi connectivity index (χ1) is 10.2. The lowest BCUT2D eigenvalue weighted by atomic mass is 10.0. The Hall–Kier alpha value is -1.13. The van der Waals surface area contributed by atoms with E-state index in [2.05, 4.69) is 48.8 Å². The molecular formula is C17H21NOS2. The Morgan fingerprint density at radius 3 is 3.00 bits per heavy atom. The molecule has 2 nitrogen and oxygen atoms in total. The van der Waals surface area contributed by atoms with E-state index in [1.165, 1.54) is 15.3 Å². The van der Waals surface area contributed by atoms with Crippen molar-refractivity contribution in [2.24, 2.45) is 0 Å². The third kappa shape index (κ3) is 3.22. The number of nitrogens with one attached hydrogen (secondary N) is 1. The summed E-state index contributed by atoms with van der Waals surface area (Å²) in [6.07, 6.45) is 1.15. The smallest absolute Gasteiger partial charge is 0.142 e. The number of anilines is 1. The summed E-state index contributed by atoms with van der Waals surface area (Å²) in [7, 11) is 0. The van der Waals surface area contributed by atoms with Gasteiger partial charge < -0.3 is 10.1 Å². The summed E-state index contributed by atoms with van der Waals surface area (Å²) in [6.45, 7) is 7.13. The summed E-state index contributed by atoms with van der Waals surface area (Å²) in [5, 5.41) is 6.55. The van der Waals surface area contributed by atoms with Crippen molar-refractivity contribution >= 4 is 28.8 Å². The van der Waals surface area contributed by atoms with E-state index in [1.807, 2.05) is 30.0 Å². The molecule has 1 unspecified atom stereocenters. The molecule has 21 heavy (non-hydrogen) atoms. The van der Waals surface area contributed by atoms with Crippen molar-refractivity contribution in [2.75, 3.05) is 11.9 Å². The molecule has 0 radical (unpaired) electrons. The Kier molecular flexibility index (Phi) is 4.45. The maximum absolute atomic E-state index is 5.79. The zero-order chi connectivity index (χ0) is 14.8. The van der Waals surface area contributed by atoms with Crippen LogP contribution in [0, 0.1) is 6.92 Å². The number of benzene rings is 1. The fourth-order valence-electron chi connectivity index (χ4n) is 2.70. The van der Waals surface area contributed by atoms with Gasteiger partial charge in [-0.2, -0.15) is 0 Å². The van der Waals surface area contributed by atoms with Crippen LogP contribution in [-0.4, -0.2) is 11.9 Å². The van der Waals surface area contributed by atoms with Crippen molar-refractivity contribution in [3.63, 3.8) is 0 Å². The molecule has 2 heterocycles. The minimum absolute atomic E-state index is 0.379. The second-order valence-electron chi connectivity index (χ2n) is 5.46. The lowest BCUT2D eigenvalue weighted by Gasteiger charge is -2.29. The lowest BCUT2D eigenvalue weighted by molar-refractivity contribution is 0.341. The van der Waals surface area contributed by atoms with Gasteiger partial charge in [0.05, 0.1) is 22.5 Å². The van der Waals surface area contributed by atoms with Crippen LogP contribution in [0.5, 0.6) is 5.75 Å². The first kappa shape index (κ1) is 14.8. The van der Waals surface area contributed by atoms with E-state index in [1.54, 1.807) is 0 Å². The summed E-state index contributed by atoms with van der Waals surface area (Å²) in [5.41, 5.74) is 3.77. The average molecular weight is 319 g/mol. The molecule has 1 aromatic heterocycles. The highest BCUT2D eigenvalue weighted by Crippen LogP contribution is 2.45. The topological polar surface area (TPSA) is 21.3 Å².